The fourth-order valence-electron chi connectivity index (χ4n) is 1.85. The molecule has 0 saturated carbocycles. The second kappa shape index (κ2) is 6.41. The maximum Gasteiger partial charge on any atom is 0.137 e. The SMILES string of the molecule is Cc1cc(Sc2ccc(CNC(C)C)cc2F)n(C)n1. The molecular weight excluding hydrogens is 273 g/mol. The van der Waals surface area contributed by atoms with Crippen molar-refractivity contribution in [1.29, 1.82) is 0 Å². The molecule has 20 heavy (non-hydrogen) atoms. The zero-order chi connectivity index (χ0) is 14.7. The average molecular weight is 293 g/mol. The van der Waals surface area contributed by atoms with Crippen LogP contribution in [0.5, 0.6) is 0 Å². The van der Waals surface area contributed by atoms with Crippen LogP contribution < -0.4 is 5.32 Å². The van der Waals surface area contributed by atoms with Crippen LogP contribution in [0.1, 0.15) is 25.1 Å². The van der Waals surface area contributed by atoms with Crippen molar-refractivity contribution in [3.63, 3.8) is 0 Å². The Bertz CT molecular complexity index is 593. The Morgan fingerprint density at radius 2 is 2.10 bits per heavy atom. The fraction of sp³-hybridized carbons (Fsp3) is 0.400. The predicted molar refractivity (Wildman–Crippen MR) is 80.4 cm³/mol. The van der Waals surface area contributed by atoms with Crippen LogP contribution in [0.2, 0.25) is 0 Å². The Kier molecular flexibility index (Phi) is 4.83. The maximum absolute atomic E-state index is 14.1. The molecule has 0 bridgehead atoms. The first kappa shape index (κ1) is 15.1. The second-order valence-electron chi connectivity index (χ2n) is 5.15. The number of nitrogens with one attached hydrogen (secondary N) is 1. The van der Waals surface area contributed by atoms with Gasteiger partial charge in [-0.15, -0.1) is 0 Å². The molecular formula is C15H20FN3S. The minimum absolute atomic E-state index is 0.183. The monoisotopic (exact) mass is 293 g/mol. The summed E-state index contributed by atoms with van der Waals surface area (Å²) in [7, 11) is 1.87. The number of aryl methyl sites for hydroxylation is 2. The molecule has 1 N–H and O–H groups in total. The third-order valence-electron chi connectivity index (χ3n) is 2.88. The average Bonchev–Trinajstić information content (AvgIpc) is 2.68. The molecule has 0 radical (unpaired) electrons. The molecule has 0 aliphatic heterocycles. The molecule has 0 spiro atoms. The highest BCUT2D eigenvalue weighted by atomic mass is 32.2. The zero-order valence-electron chi connectivity index (χ0n) is 12.3. The van der Waals surface area contributed by atoms with Crippen LogP contribution in [0.3, 0.4) is 0 Å². The first-order chi connectivity index (χ1) is 9.45. The summed E-state index contributed by atoms with van der Waals surface area (Å²) in [6.45, 7) is 6.77. The molecule has 1 heterocycles. The summed E-state index contributed by atoms with van der Waals surface area (Å²) in [5, 5.41) is 8.49. The van der Waals surface area contributed by atoms with Gasteiger partial charge in [0.05, 0.1) is 10.7 Å². The van der Waals surface area contributed by atoms with Crippen molar-refractivity contribution < 1.29 is 4.39 Å². The molecule has 0 aliphatic carbocycles. The van der Waals surface area contributed by atoms with E-state index in [1.54, 1.807) is 10.7 Å². The summed E-state index contributed by atoms with van der Waals surface area (Å²) in [4.78, 5) is 0.626. The third kappa shape index (κ3) is 3.84. The van der Waals surface area contributed by atoms with E-state index in [1.165, 1.54) is 11.8 Å². The lowest BCUT2D eigenvalue weighted by Crippen LogP contribution is -2.21. The van der Waals surface area contributed by atoms with Crippen LogP contribution in [-0.2, 0) is 13.6 Å². The van der Waals surface area contributed by atoms with Crippen molar-refractivity contribution in [1.82, 2.24) is 15.1 Å². The van der Waals surface area contributed by atoms with Crippen molar-refractivity contribution in [2.45, 2.75) is 43.3 Å². The minimum atomic E-state index is -0.183. The van der Waals surface area contributed by atoms with Gasteiger partial charge in [0.25, 0.3) is 0 Å². The van der Waals surface area contributed by atoms with Crippen molar-refractivity contribution >= 4 is 11.8 Å². The molecule has 2 aromatic rings. The number of aromatic nitrogens is 2. The van der Waals surface area contributed by atoms with Gasteiger partial charge in [0.2, 0.25) is 0 Å². The molecule has 108 valence electrons. The second-order valence-corrected chi connectivity index (χ2v) is 6.21. The minimum Gasteiger partial charge on any atom is -0.310 e. The number of hydrogen-bond donors (Lipinski definition) is 1. The molecule has 2 rings (SSSR count). The molecule has 1 aromatic carbocycles. The molecule has 0 amide bonds. The lowest BCUT2D eigenvalue weighted by molar-refractivity contribution is 0.574. The van der Waals surface area contributed by atoms with E-state index in [1.807, 2.05) is 32.2 Å². The summed E-state index contributed by atoms with van der Waals surface area (Å²) in [5.74, 6) is -0.183. The highest BCUT2D eigenvalue weighted by Crippen LogP contribution is 2.30. The number of benzene rings is 1. The Hall–Kier alpha value is -1.33. The fourth-order valence-corrected chi connectivity index (χ4v) is 2.77. The molecule has 0 atom stereocenters. The molecule has 0 fully saturated rings. The van der Waals surface area contributed by atoms with Gasteiger partial charge in [-0.2, -0.15) is 5.10 Å². The molecule has 3 nitrogen and oxygen atoms in total. The number of rotatable bonds is 5. The summed E-state index contributed by atoms with van der Waals surface area (Å²) >= 11 is 1.40. The Balaban J connectivity index is 2.11. The Labute approximate surface area is 123 Å². The van der Waals surface area contributed by atoms with Crippen LogP contribution in [-0.4, -0.2) is 15.8 Å². The van der Waals surface area contributed by atoms with Gasteiger partial charge in [0, 0.05) is 24.5 Å². The summed E-state index contributed by atoms with van der Waals surface area (Å²) in [5.41, 5.74) is 1.90. The van der Waals surface area contributed by atoms with Crippen LogP contribution in [0.4, 0.5) is 4.39 Å². The van der Waals surface area contributed by atoms with E-state index in [0.29, 0.717) is 17.5 Å². The predicted octanol–water partition coefficient (Wildman–Crippen LogP) is 3.52. The molecule has 0 aliphatic rings. The van der Waals surface area contributed by atoms with Gasteiger partial charge >= 0.3 is 0 Å². The van der Waals surface area contributed by atoms with Gasteiger partial charge in [-0.1, -0.05) is 31.7 Å². The number of hydrogen-bond acceptors (Lipinski definition) is 3. The van der Waals surface area contributed by atoms with E-state index in [-0.39, 0.29) is 5.82 Å². The third-order valence-corrected chi connectivity index (χ3v) is 4.03. The van der Waals surface area contributed by atoms with Crippen molar-refractivity contribution in [3.8, 4) is 0 Å². The van der Waals surface area contributed by atoms with E-state index >= 15 is 0 Å². The van der Waals surface area contributed by atoms with Crippen molar-refractivity contribution in [2.75, 3.05) is 0 Å². The van der Waals surface area contributed by atoms with Gasteiger partial charge in [0.15, 0.2) is 0 Å². The lowest BCUT2D eigenvalue weighted by atomic mass is 10.2. The van der Waals surface area contributed by atoms with E-state index in [9.17, 15) is 4.39 Å². The molecule has 0 saturated heterocycles. The largest absolute Gasteiger partial charge is 0.310 e. The first-order valence-electron chi connectivity index (χ1n) is 6.66. The van der Waals surface area contributed by atoms with Crippen LogP contribution in [0.15, 0.2) is 34.2 Å². The smallest absolute Gasteiger partial charge is 0.137 e. The van der Waals surface area contributed by atoms with E-state index in [0.717, 1.165) is 16.3 Å². The van der Waals surface area contributed by atoms with Crippen LogP contribution in [0.25, 0.3) is 0 Å². The van der Waals surface area contributed by atoms with Crippen LogP contribution >= 0.6 is 11.8 Å². The normalized spacial score (nSPS) is 11.3. The summed E-state index contributed by atoms with van der Waals surface area (Å²) < 4.78 is 15.9. The highest BCUT2D eigenvalue weighted by Gasteiger charge is 2.09. The molecule has 1 aromatic heterocycles. The highest BCUT2D eigenvalue weighted by molar-refractivity contribution is 7.99. The van der Waals surface area contributed by atoms with Crippen molar-refractivity contribution in [2.24, 2.45) is 7.05 Å². The van der Waals surface area contributed by atoms with E-state index in [2.05, 4.69) is 24.3 Å². The topological polar surface area (TPSA) is 29.9 Å². The van der Waals surface area contributed by atoms with Gasteiger partial charge < -0.3 is 5.32 Å². The lowest BCUT2D eigenvalue weighted by Gasteiger charge is -2.09. The van der Waals surface area contributed by atoms with Crippen molar-refractivity contribution in [3.05, 3.63) is 41.3 Å². The number of nitrogens with zero attached hydrogens (tertiary/aromatic N) is 2. The van der Waals surface area contributed by atoms with Gasteiger partial charge in [-0.3, -0.25) is 4.68 Å². The van der Waals surface area contributed by atoms with Crippen LogP contribution in [0, 0.1) is 12.7 Å². The van der Waals surface area contributed by atoms with Gasteiger partial charge in [-0.25, -0.2) is 4.39 Å². The standard InChI is InChI=1S/C15H20FN3S/c1-10(2)17-9-12-5-6-14(13(16)8-12)20-15-7-11(3)18-19(15)4/h5-8,10,17H,9H2,1-4H3. The summed E-state index contributed by atoms with van der Waals surface area (Å²) in [6.07, 6.45) is 0. The quantitative estimate of drug-likeness (QED) is 0.915. The van der Waals surface area contributed by atoms with Gasteiger partial charge in [0.1, 0.15) is 5.82 Å². The van der Waals surface area contributed by atoms with Gasteiger partial charge in [-0.05, 0) is 30.7 Å². The summed E-state index contributed by atoms with van der Waals surface area (Å²) in [6, 6.07) is 7.74. The Morgan fingerprint density at radius 3 is 2.65 bits per heavy atom. The molecule has 0 unspecified atom stereocenters. The first-order valence-corrected chi connectivity index (χ1v) is 7.47. The van der Waals surface area contributed by atoms with E-state index in [4.69, 9.17) is 0 Å². The maximum atomic E-state index is 14.1. The number of halogens is 1. The zero-order valence-corrected chi connectivity index (χ0v) is 13.1. The molecule has 5 heteroatoms. The Morgan fingerprint density at radius 1 is 1.35 bits per heavy atom. The van der Waals surface area contributed by atoms with E-state index < -0.39 is 0 Å².